The van der Waals surface area contributed by atoms with Gasteiger partial charge >= 0.3 is 6.09 Å². The number of anilines is 1. The Morgan fingerprint density at radius 3 is 2.40 bits per heavy atom. The van der Waals surface area contributed by atoms with Gasteiger partial charge in [-0.2, -0.15) is 12.6 Å². The zero-order valence-electron chi connectivity index (χ0n) is 20.4. The number of benzene rings is 2. The van der Waals surface area contributed by atoms with Gasteiger partial charge in [0, 0.05) is 18.4 Å². The molecule has 2 unspecified atom stereocenters. The Labute approximate surface area is 217 Å². The van der Waals surface area contributed by atoms with Crippen LogP contribution in [0.3, 0.4) is 0 Å². The van der Waals surface area contributed by atoms with E-state index in [-0.39, 0.29) is 5.75 Å². The van der Waals surface area contributed by atoms with Crippen LogP contribution in [0.5, 0.6) is 0 Å². The summed E-state index contributed by atoms with van der Waals surface area (Å²) in [5, 5.41) is 5.71. The second-order valence-electron chi connectivity index (χ2n) is 8.89. The summed E-state index contributed by atoms with van der Waals surface area (Å²) in [7, 11) is 1.46. The summed E-state index contributed by atoms with van der Waals surface area (Å²) in [6.45, 7) is 6.95. The maximum Gasteiger partial charge on any atom is 0.408 e. The molecule has 0 aromatic heterocycles. The average Bonchev–Trinajstić information content (AvgIpc) is 2.78. The first-order chi connectivity index (χ1) is 16.4. The van der Waals surface area contributed by atoms with Gasteiger partial charge in [-0.15, -0.1) is 6.42 Å². The Hall–Kier alpha value is -3.15. The van der Waals surface area contributed by atoms with Crippen molar-refractivity contribution >= 4 is 47.8 Å². The molecule has 186 valence electrons. The molecule has 0 spiro atoms. The van der Waals surface area contributed by atoms with Gasteiger partial charge in [-0.1, -0.05) is 47.9 Å². The zero-order valence-corrected chi connectivity index (χ0v) is 22.0. The van der Waals surface area contributed by atoms with Crippen LogP contribution in [-0.2, 0) is 14.3 Å². The lowest BCUT2D eigenvalue weighted by Crippen LogP contribution is -2.52. The van der Waals surface area contributed by atoms with Crippen molar-refractivity contribution in [3.8, 4) is 12.3 Å². The number of hydrogen-bond donors (Lipinski definition) is 3. The van der Waals surface area contributed by atoms with E-state index in [9.17, 15) is 14.4 Å². The fourth-order valence-corrected chi connectivity index (χ4v) is 3.90. The number of alkyl carbamates (subject to hydrolysis) is 1. The first-order valence-electron chi connectivity index (χ1n) is 10.9. The number of aryl methyl sites for hydroxylation is 1. The van der Waals surface area contributed by atoms with Crippen molar-refractivity contribution in [1.29, 1.82) is 0 Å². The van der Waals surface area contributed by atoms with Crippen LogP contribution >= 0.6 is 24.2 Å². The monoisotopic (exact) mass is 515 g/mol. The molecule has 0 aliphatic rings. The van der Waals surface area contributed by atoms with Crippen LogP contribution < -0.4 is 10.6 Å². The number of hydrogen-bond acceptors (Lipinski definition) is 5. The number of ether oxygens (including phenoxy) is 1. The smallest absolute Gasteiger partial charge is 0.408 e. The van der Waals surface area contributed by atoms with Crippen LogP contribution in [0.25, 0.3) is 0 Å². The lowest BCUT2D eigenvalue weighted by Gasteiger charge is -2.32. The molecule has 0 saturated carbocycles. The largest absolute Gasteiger partial charge is 0.444 e. The van der Waals surface area contributed by atoms with Crippen LogP contribution in [0.15, 0.2) is 42.5 Å². The molecule has 0 aliphatic carbocycles. The standard InChI is InChI=1S/C26H30ClN3O4S/c1-7-17-12-8-9-13-18(17)22(23(31)29-21-16(2)11-10-14-19(21)27)30(6)24(32)20(15-35)28-25(33)34-26(3,4)5/h1,8-14,20,22,35H,15H2,2-6H3,(H,28,33)(H,29,31). The number of halogens is 1. The Kier molecular flexibility index (Phi) is 9.64. The molecule has 2 aromatic carbocycles. The highest BCUT2D eigenvalue weighted by molar-refractivity contribution is 7.80. The highest BCUT2D eigenvalue weighted by Crippen LogP contribution is 2.30. The Morgan fingerprint density at radius 2 is 1.83 bits per heavy atom. The normalized spacial score (nSPS) is 12.6. The minimum Gasteiger partial charge on any atom is -0.444 e. The molecule has 2 aromatic rings. The van der Waals surface area contributed by atoms with Gasteiger partial charge in [-0.05, 0) is 51.0 Å². The van der Waals surface area contributed by atoms with Gasteiger partial charge < -0.3 is 20.3 Å². The van der Waals surface area contributed by atoms with Crippen LogP contribution in [-0.4, -0.2) is 47.3 Å². The van der Waals surface area contributed by atoms with Crippen molar-refractivity contribution in [3.05, 3.63) is 64.2 Å². The van der Waals surface area contributed by atoms with Crippen molar-refractivity contribution < 1.29 is 19.1 Å². The summed E-state index contributed by atoms with van der Waals surface area (Å²) >= 11 is 10.5. The average molecular weight is 516 g/mol. The summed E-state index contributed by atoms with van der Waals surface area (Å²) in [5.74, 6) is 1.48. The Balaban J connectivity index is 2.44. The molecule has 0 bridgehead atoms. The minimum atomic E-state index is -1.12. The third-order valence-corrected chi connectivity index (χ3v) is 5.72. The Bertz CT molecular complexity index is 1120. The topological polar surface area (TPSA) is 87.7 Å². The molecule has 9 heteroatoms. The molecule has 0 radical (unpaired) electrons. The van der Waals surface area contributed by atoms with E-state index in [0.29, 0.717) is 21.8 Å². The second-order valence-corrected chi connectivity index (χ2v) is 9.66. The number of carbonyl (C=O) groups excluding carboxylic acids is 3. The highest BCUT2D eigenvalue weighted by atomic mass is 35.5. The fourth-order valence-electron chi connectivity index (χ4n) is 3.38. The lowest BCUT2D eigenvalue weighted by molar-refractivity contribution is -0.138. The fraction of sp³-hybridized carbons (Fsp3) is 0.346. The number of carbonyl (C=O) groups is 3. The number of amides is 3. The van der Waals surface area contributed by atoms with Gasteiger partial charge in [0.15, 0.2) is 0 Å². The van der Waals surface area contributed by atoms with Gasteiger partial charge in [0.2, 0.25) is 5.91 Å². The molecular formula is C26H30ClN3O4S. The van der Waals surface area contributed by atoms with Crippen molar-refractivity contribution in [2.45, 2.75) is 45.4 Å². The first kappa shape index (κ1) is 28.1. The molecule has 0 fully saturated rings. The van der Waals surface area contributed by atoms with E-state index in [2.05, 4.69) is 29.2 Å². The van der Waals surface area contributed by atoms with E-state index in [1.54, 1.807) is 57.2 Å². The summed E-state index contributed by atoms with van der Waals surface area (Å²) in [5.41, 5.74) is 1.33. The SMILES string of the molecule is C#Cc1ccccc1C(C(=O)Nc1c(C)cccc1Cl)N(C)C(=O)C(CS)NC(=O)OC(C)(C)C. The summed E-state index contributed by atoms with van der Waals surface area (Å²) in [6, 6.07) is 9.91. The number of nitrogens with one attached hydrogen (secondary N) is 2. The van der Waals surface area contributed by atoms with Crippen molar-refractivity contribution in [1.82, 2.24) is 10.2 Å². The summed E-state index contributed by atoms with van der Waals surface area (Å²) < 4.78 is 5.26. The number of likely N-dealkylation sites (N-methyl/N-ethyl adjacent to an activating group) is 1. The maximum atomic E-state index is 13.6. The second kappa shape index (κ2) is 12.0. The molecule has 0 aliphatic heterocycles. The molecule has 2 rings (SSSR count). The summed E-state index contributed by atoms with van der Waals surface area (Å²) in [4.78, 5) is 40.5. The van der Waals surface area contributed by atoms with Gasteiger partial charge in [-0.25, -0.2) is 4.79 Å². The number of terminal acetylenes is 1. The number of nitrogens with zero attached hydrogens (tertiary/aromatic N) is 1. The quantitative estimate of drug-likeness (QED) is 0.372. The van der Waals surface area contributed by atoms with Gasteiger partial charge in [0.25, 0.3) is 5.91 Å². The molecule has 3 amide bonds. The first-order valence-corrected chi connectivity index (χ1v) is 11.9. The van der Waals surface area contributed by atoms with E-state index < -0.39 is 35.6 Å². The number of thiol groups is 1. The van der Waals surface area contributed by atoms with E-state index >= 15 is 0 Å². The van der Waals surface area contributed by atoms with Crippen molar-refractivity contribution in [2.75, 3.05) is 18.1 Å². The third kappa shape index (κ3) is 7.41. The molecule has 7 nitrogen and oxygen atoms in total. The summed E-state index contributed by atoms with van der Waals surface area (Å²) in [6.07, 6.45) is 4.92. The van der Waals surface area contributed by atoms with E-state index in [1.807, 2.05) is 13.0 Å². The molecule has 0 saturated heterocycles. The van der Waals surface area contributed by atoms with Gasteiger partial charge in [-0.3, -0.25) is 9.59 Å². The van der Waals surface area contributed by atoms with Crippen molar-refractivity contribution in [2.24, 2.45) is 0 Å². The minimum absolute atomic E-state index is 0.0167. The predicted molar refractivity (Wildman–Crippen MR) is 142 cm³/mol. The maximum absolute atomic E-state index is 13.6. The molecule has 2 atom stereocenters. The molecular weight excluding hydrogens is 486 g/mol. The van der Waals surface area contributed by atoms with Crippen molar-refractivity contribution in [3.63, 3.8) is 0 Å². The molecule has 35 heavy (non-hydrogen) atoms. The van der Waals surface area contributed by atoms with E-state index in [4.69, 9.17) is 22.8 Å². The predicted octanol–water partition coefficient (Wildman–Crippen LogP) is 4.59. The van der Waals surface area contributed by atoms with Gasteiger partial charge in [0.1, 0.15) is 17.7 Å². The van der Waals surface area contributed by atoms with Crippen LogP contribution in [0.2, 0.25) is 5.02 Å². The number of rotatable bonds is 7. The van der Waals surface area contributed by atoms with E-state index in [1.165, 1.54) is 11.9 Å². The van der Waals surface area contributed by atoms with E-state index in [0.717, 1.165) is 5.56 Å². The third-order valence-electron chi connectivity index (χ3n) is 5.04. The highest BCUT2D eigenvalue weighted by Gasteiger charge is 2.35. The van der Waals surface area contributed by atoms with Gasteiger partial charge in [0.05, 0.1) is 10.7 Å². The van der Waals surface area contributed by atoms with Crippen LogP contribution in [0.4, 0.5) is 10.5 Å². The van der Waals surface area contributed by atoms with Crippen LogP contribution in [0, 0.1) is 19.3 Å². The lowest BCUT2D eigenvalue weighted by atomic mass is 9.98. The van der Waals surface area contributed by atoms with Crippen LogP contribution in [0.1, 0.15) is 43.5 Å². The molecule has 2 N–H and O–H groups in total. The molecule has 0 heterocycles. The zero-order chi connectivity index (χ0) is 26.3. The number of para-hydroxylation sites is 1. The Morgan fingerprint density at radius 1 is 1.17 bits per heavy atom.